The Kier molecular flexibility index (Phi) is 3.93. The second-order valence-electron chi connectivity index (χ2n) is 3.58. The summed E-state index contributed by atoms with van der Waals surface area (Å²) in [7, 11) is 0. The molecule has 18 heavy (non-hydrogen) atoms. The van der Waals surface area contributed by atoms with E-state index in [0.717, 1.165) is 5.52 Å². The van der Waals surface area contributed by atoms with E-state index in [0.29, 0.717) is 22.2 Å². The number of benzene rings is 1. The van der Waals surface area contributed by atoms with Crippen LogP contribution in [0.1, 0.15) is 0 Å². The summed E-state index contributed by atoms with van der Waals surface area (Å²) in [5, 5.41) is 9.92. The molecule has 1 N–H and O–H groups in total. The van der Waals surface area contributed by atoms with Crippen LogP contribution in [0.5, 0.6) is 0 Å². The number of allylic oxidation sites excluding steroid dienone is 1. The number of hydrogen-bond donors (Lipinski definition) is 1. The fourth-order valence-corrected chi connectivity index (χ4v) is 2.58. The molecule has 0 unspecified atom stereocenters. The fourth-order valence-electron chi connectivity index (χ4n) is 1.63. The molecule has 0 saturated heterocycles. The molecule has 0 radical (unpaired) electrons. The average Bonchev–Trinajstić information content (AvgIpc) is 2.67. The van der Waals surface area contributed by atoms with Gasteiger partial charge in [-0.15, -0.1) is 6.58 Å². The highest BCUT2D eigenvalue weighted by Gasteiger charge is 2.13. The molecule has 0 atom stereocenters. The van der Waals surface area contributed by atoms with E-state index in [1.54, 1.807) is 12.1 Å². The number of carbonyl (C=O) groups is 1. The highest BCUT2D eigenvalue weighted by atomic mass is 35.5. The molecule has 0 aliphatic heterocycles. The van der Waals surface area contributed by atoms with Crippen LogP contribution in [0.3, 0.4) is 0 Å². The molecule has 0 aliphatic rings. The van der Waals surface area contributed by atoms with Gasteiger partial charge >= 0.3 is 5.97 Å². The molecule has 6 heteroatoms. The Hall–Kier alpha value is -1.46. The molecule has 4 nitrogen and oxygen atoms in total. The van der Waals surface area contributed by atoms with Crippen molar-refractivity contribution in [3.8, 4) is 0 Å². The largest absolute Gasteiger partial charge is 0.481 e. The van der Waals surface area contributed by atoms with Gasteiger partial charge in [-0.05, 0) is 12.1 Å². The molecule has 0 aliphatic carbocycles. The van der Waals surface area contributed by atoms with Gasteiger partial charge in [-0.2, -0.15) is 0 Å². The molecule has 0 fully saturated rings. The number of rotatable bonds is 5. The highest BCUT2D eigenvalue weighted by molar-refractivity contribution is 7.99. The van der Waals surface area contributed by atoms with Gasteiger partial charge in [0.05, 0.1) is 16.3 Å². The van der Waals surface area contributed by atoms with Gasteiger partial charge in [0.1, 0.15) is 5.52 Å². The number of aliphatic carboxylic acids is 1. The van der Waals surface area contributed by atoms with Crippen molar-refractivity contribution in [1.29, 1.82) is 0 Å². The van der Waals surface area contributed by atoms with Gasteiger partial charge in [-0.3, -0.25) is 4.79 Å². The zero-order valence-corrected chi connectivity index (χ0v) is 11.0. The Labute approximate surface area is 113 Å². The number of hydrogen-bond acceptors (Lipinski definition) is 3. The standard InChI is InChI=1S/C12H11ClN2O2S/c1-2-6-15-9-5-3-4-8(13)11(9)14-12(15)18-7-10(16)17/h2-5H,1,6-7H2,(H,16,17). The predicted molar refractivity (Wildman–Crippen MR) is 73.3 cm³/mol. The first-order valence-corrected chi connectivity index (χ1v) is 6.60. The summed E-state index contributed by atoms with van der Waals surface area (Å²) in [6, 6.07) is 5.51. The molecule has 94 valence electrons. The summed E-state index contributed by atoms with van der Waals surface area (Å²) < 4.78 is 1.90. The van der Waals surface area contributed by atoms with Crippen molar-refractivity contribution in [1.82, 2.24) is 9.55 Å². The summed E-state index contributed by atoms with van der Waals surface area (Å²) in [5.74, 6) is -0.902. The van der Waals surface area contributed by atoms with Gasteiger partial charge in [0.25, 0.3) is 0 Å². The van der Waals surface area contributed by atoms with Crippen molar-refractivity contribution in [3.05, 3.63) is 35.9 Å². The Morgan fingerprint density at radius 1 is 1.61 bits per heavy atom. The van der Waals surface area contributed by atoms with E-state index in [1.165, 1.54) is 11.8 Å². The van der Waals surface area contributed by atoms with Crippen LogP contribution >= 0.6 is 23.4 Å². The number of nitrogens with zero attached hydrogens (tertiary/aromatic N) is 2. The first kappa shape index (κ1) is 13.0. The number of aromatic nitrogens is 2. The summed E-state index contributed by atoms with van der Waals surface area (Å²) in [6.45, 7) is 4.26. The van der Waals surface area contributed by atoms with Gasteiger partial charge in [-0.1, -0.05) is 35.5 Å². The van der Waals surface area contributed by atoms with Crippen LogP contribution in [0.2, 0.25) is 5.02 Å². The lowest BCUT2D eigenvalue weighted by atomic mass is 10.3. The van der Waals surface area contributed by atoms with Crippen LogP contribution in [0.15, 0.2) is 36.0 Å². The minimum atomic E-state index is -0.872. The lowest BCUT2D eigenvalue weighted by Crippen LogP contribution is -2.02. The number of halogens is 1. The van der Waals surface area contributed by atoms with E-state index in [4.69, 9.17) is 16.7 Å². The zero-order chi connectivity index (χ0) is 13.1. The Morgan fingerprint density at radius 2 is 2.39 bits per heavy atom. The number of fused-ring (bicyclic) bond motifs is 1. The molecule has 1 heterocycles. The van der Waals surface area contributed by atoms with E-state index in [-0.39, 0.29) is 5.75 Å². The van der Waals surface area contributed by atoms with Crippen molar-refractivity contribution in [2.24, 2.45) is 0 Å². The van der Waals surface area contributed by atoms with E-state index in [1.807, 2.05) is 16.7 Å². The van der Waals surface area contributed by atoms with Crippen molar-refractivity contribution < 1.29 is 9.90 Å². The molecule has 2 aromatic rings. The van der Waals surface area contributed by atoms with Crippen molar-refractivity contribution >= 4 is 40.4 Å². The van der Waals surface area contributed by atoms with Crippen LogP contribution in [-0.2, 0) is 11.3 Å². The molecule has 0 saturated carbocycles. The van der Waals surface area contributed by atoms with Gasteiger partial charge in [0.2, 0.25) is 0 Å². The van der Waals surface area contributed by atoms with E-state index < -0.39 is 5.97 Å². The van der Waals surface area contributed by atoms with Crippen LogP contribution in [0.4, 0.5) is 0 Å². The minimum absolute atomic E-state index is 0.0297. The minimum Gasteiger partial charge on any atom is -0.481 e. The topological polar surface area (TPSA) is 55.1 Å². The smallest absolute Gasteiger partial charge is 0.313 e. The first-order chi connectivity index (χ1) is 8.63. The number of imidazole rings is 1. The molecular weight excluding hydrogens is 272 g/mol. The maximum absolute atomic E-state index is 10.6. The first-order valence-electron chi connectivity index (χ1n) is 5.23. The maximum atomic E-state index is 10.6. The van der Waals surface area contributed by atoms with Crippen molar-refractivity contribution in [3.63, 3.8) is 0 Å². The van der Waals surface area contributed by atoms with Crippen molar-refractivity contribution in [2.45, 2.75) is 11.7 Å². The van der Waals surface area contributed by atoms with E-state index in [2.05, 4.69) is 11.6 Å². The van der Waals surface area contributed by atoms with Gasteiger partial charge in [0, 0.05) is 6.54 Å². The monoisotopic (exact) mass is 282 g/mol. The summed E-state index contributed by atoms with van der Waals surface area (Å²) in [4.78, 5) is 15.0. The molecular formula is C12H11ClN2O2S. The third kappa shape index (κ3) is 2.52. The Morgan fingerprint density at radius 3 is 3.06 bits per heavy atom. The van der Waals surface area contributed by atoms with Crippen LogP contribution in [0, 0.1) is 0 Å². The number of carboxylic acids is 1. The number of carboxylic acid groups (broad SMARTS) is 1. The maximum Gasteiger partial charge on any atom is 0.313 e. The molecule has 2 rings (SSSR count). The molecule has 0 bridgehead atoms. The Bertz CT molecular complexity index is 609. The average molecular weight is 283 g/mol. The third-order valence-corrected chi connectivity index (χ3v) is 3.60. The normalized spacial score (nSPS) is 10.7. The lowest BCUT2D eigenvalue weighted by molar-refractivity contribution is -0.133. The SMILES string of the molecule is C=CCn1c(SCC(=O)O)nc2c(Cl)cccc21. The Balaban J connectivity index is 2.50. The molecule has 1 aromatic carbocycles. The van der Waals surface area contributed by atoms with Crippen molar-refractivity contribution in [2.75, 3.05) is 5.75 Å². The summed E-state index contributed by atoms with van der Waals surface area (Å²) in [5.41, 5.74) is 1.57. The molecule has 0 amide bonds. The van der Waals surface area contributed by atoms with Crippen LogP contribution in [0.25, 0.3) is 11.0 Å². The van der Waals surface area contributed by atoms with Crippen LogP contribution in [-0.4, -0.2) is 26.4 Å². The van der Waals surface area contributed by atoms with E-state index in [9.17, 15) is 4.79 Å². The molecule has 0 spiro atoms. The summed E-state index contributed by atoms with van der Waals surface area (Å²) in [6.07, 6.45) is 1.74. The lowest BCUT2D eigenvalue weighted by Gasteiger charge is -2.04. The third-order valence-electron chi connectivity index (χ3n) is 2.33. The van der Waals surface area contributed by atoms with Gasteiger partial charge in [-0.25, -0.2) is 4.98 Å². The fraction of sp³-hybridized carbons (Fsp3) is 0.167. The van der Waals surface area contributed by atoms with Gasteiger partial charge < -0.3 is 9.67 Å². The number of para-hydroxylation sites is 1. The molecule has 1 aromatic heterocycles. The second kappa shape index (κ2) is 5.46. The van der Waals surface area contributed by atoms with Crippen LogP contribution < -0.4 is 0 Å². The zero-order valence-electron chi connectivity index (χ0n) is 9.47. The quantitative estimate of drug-likeness (QED) is 0.676. The van der Waals surface area contributed by atoms with E-state index >= 15 is 0 Å². The highest BCUT2D eigenvalue weighted by Crippen LogP contribution is 2.28. The number of thioether (sulfide) groups is 1. The summed E-state index contributed by atoms with van der Waals surface area (Å²) >= 11 is 7.25. The predicted octanol–water partition coefficient (Wildman–Crippen LogP) is 3.05. The second-order valence-corrected chi connectivity index (χ2v) is 4.93. The van der Waals surface area contributed by atoms with Gasteiger partial charge in [0.15, 0.2) is 5.16 Å².